The fourth-order valence-electron chi connectivity index (χ4n) is 2.04. The fraction of sp³-hybridized carbons (Fsp3) is 0.357. The quantitative estimate of drug-likeness (QED) is 0.775. The number of hydrogen-bond acceptors (Lipinski definition) is 4. The maximum absolute atomic E-state index is 13.6. The summed E-state index contributed by atoms with van der Waals surface area (Å²) in [6.45, 7) is 5.04. The van der Waals surface area contributed by atoms with Crippen LogP contribution in [-0.4, -0.2) is 26.9 Å². The highest BCUT2D eigenvalue weighted by Gasteiger charge is 2.17. The Balaban J connectivity index is 2.09. The number of nitrogens with zero attached hydrogens (tertiary/aromatic N) is 2. The molecule has 2 aromatic rings. The molecule has 1 aromatic carbocycles. The van der Waals surface area contributed by atoms with Gasteiger partial charge >= 0.3 is 7.12 Å². The second kappa shape index (κ2) is 6.73. The Morgan fingerprint density at radius 2 is 2.05 bits per heavy atom. The highest BCUT2D eigenvalue weighted by Crippen LogP contribution is 2.14. The second-order valence-corrected chi connectivity index (χ2v) is 4.64. The van der Waals surface area contributed by atoms with Crippen molar-refractivity contribution in [2.24, 2.45) is 0 Å². The Morgan fingerprint density at radius 1 is 1.29 bits per heavy atom. The zero-order chi connectivity index (χ0) is 15.4. The highest BCUT2D eigenvalue weighted by molar-refractivity contribution is 6.58. The van der Waals surface area contributed by atoms with Crippen LogP contribution in [0.4, 0.5) is 4.39 Å². The zero-order valence-electron chi connectivity index (χ0n) is 12.1. The molecule has 0 radical (unpaired) electrons. The molecule has 0 atom stereocenters. The summed E-state index contributed by atoms with van der Waals surface area (Å²) >= 11 is 0. The summed E-state index contributed by atoms with van der Waals surface area (Å²) < 4.78 is 21.0. The van der Waals surface area contributed by atoms with Gasteiger partial charge in [-0.2, -0.15) is 5.10 Å². The van der Waals surface area contributed by atoms with Crippen LogP contribution in [0.15, 0.2) is 24.3 Å². The second-order valence-electron chi connectivity index (χ2n) is 4.64. The summed E-state index contributed by atoms with van der Waals surface area (Å²) in [5, 5.41) is 22.3. The minimum Gasteiger partial charge on any atom is -0.487 e. The van der Waals surface area contributed by atoms with Crippen LogP contribution in [-0.2, 0) is 19.6 Å². The van der Waals surface area contributed by atoms with Gasteiger partial charge < -0.3 is 14.8 Å². The van der Waals surface area contributed by atoms with Gasteiger partial charge in [0.25, 0.3) is 0 Å². The number of halogens is 1. The van der Waals surface area contributed by atoms with Gasteiger partial charge in [0.15, 0.2) is 0 Å². The first-order chi connectivity index (χ1) is 10.0. The van der Waals surface area contributed by atoms with Crippen LogP contribution in [0.3, 0.4) is 0 Å². The molecule has 1 aromatic heterocycles. The van der Waals surface area contributed by atoms with Crippen LogP contribution in [0.1, 0.15) is 25.2 Å². The Bertz CT molecular complexity index is 616. The molecular weight excluding hydrogens is 274 g/mol. The predicted octanol–water partition coefficient (Wildman–Crippen LogP) is 0.863. The van der Waals surface area contributed by atoms with Gasteiger partial charge in [-0.3, -0.25) is 4.68 Å². The van der Waals surface area contributed by atoms with E-state index < -0.39 is 12.9 Å². The molecule has 0 unspecified atom stereocenters. The van der Waals surface area contributed by atoms with Gasteiger partial charge in [-0.25, -0.2) is 4.39 Å². The molecule has 0 saturated carbocycles. The summed E-state index contributed by atoms with van der Waals surface area (Å²) in [5.74, 6) is -0.375. The zero-order valence-corrected chi connectivity index (χ0v) is 12.1. The van der Waals surface area contributed by atoms with Gasteiger partial charge in [-0.1, -0.05) is 13.0 Å². The first-order valence-electron chi connectivity index (χ1n) is 6.89. The summed E-state index contributed by atoms with van der Waals surface area (Å²) in [4.78, 5) is 0. The molecule has 0 saturated heterocycles. The van der Waals surface area contributed by atoms with Crippen molar-refractivity contribution in [3.63, 3.8) is 0 Å². The molecule has 0 amide bonds. The summed E-state index contributed by atoms with van der Waals surface area (Å²) in [5.41, 5.74) is 1.73. The molecule has 5 nitrogen and oxygen atoms in total. The molecule has 0 fully saturated rings. The van der Waals surface area contributed by atoms with Crippen molar-refractivity contribution in [3.05, 3.63) is 41.5 Å². The summed E-state index contributed by atoms with van der Waals surface area (Å²) in [6.07, 6.45) is 0.845. The molecule has 0 bridgehead atoms. The van der Waals surface area contributed by atoms with Crippen molar-refractivity contribution in [1.82, 2.24) is 9.78 Å². The van der Waals surface area contributed by atoms with Crippen molar-refractivity contribution in [1.29, 1.82) is 0 Å². The number of ether oxygens (including phenoxy) is 1. The number of rotatable bonds is 6. The molecular formula is C14H18BFN2O3. The predicted molar refractivity (Wildman–Crippen MR) is 77.8 cm³/mol. The minimum absolute atomic E-state index is 0.172. The van der Waals surface area contributed by atoms with E-state index in [1.807, 2.05) is 24.6 Å². The summed E-state index contributed by atoms with van der Waals surface area (Å²) in [6, 6.07) is 5.91. The van der Waals surface area contributed by atoms with Gasteiger partial charge in [0, 0.05) is 18.1 Å². The van der Waals surface area contributed by atoms with Gasteiger partial charge in [0.05, 0.1) is 11.4 Å². The number of benzene rings is 1. The lowest BCUT2D eigenvalue weighted by atomic mass is 9.80. The lowest BCUT2D eigenvalue weighted by Gasteiger charge is -2.09. The molecule has 21 heavy (non-hydrogen) atoms. The fourth-order valence-corrected chi connectivity index (χ4v) is 2.04. The van der Waals surface area contributed by atoms with E-state index >= 15 is 0 Å². The third-order valence-electron chi connectivity index (χ3n) is 3.21. The van der Waals surface area contributed by atoms with E-state index in [0.717, 1.165) is 30.4 Å². The van der Waals surface area contributed by atoms with Crippen molar-refractivity contribution in [3.8, 4) is 5.75 Å². The first kappa shape index (κ1) is 15.5. The van der Waals surface area contributed by atoms with Gasteiger partial charge in [0.2, 0.25) is 0 Å². The van der Waals surface area contributed by atoms with E-state index in [9.17, 15) is 4.39 Å². The Morgan fingerprint density at radius 3 is 2.62 bits per heavy atom. The van der Waals surface area contributed by atoms with Crippen molar-refractivity contribution >= 4 is 12.6 Å². The maximum Gasteiger partial charge on any atom is 0.491 e. The van der Waals surface area contributed by atoms with Crippen molar-refractivity contribution in [2.45, 2.75) is 33.4 Å². The van der Waals surface area contributed by atoms with Crippen molar-refractivity contribution < 1.29 is 19.2 Å². The van der Waals surface area contributed by atoms with Crippen LogP contribution >= 0.6 is 0 Å². The monoisotopic (exact) mass is 292 g/mol. The highest BCUT2D eigenvalue weighted by atomic mass is 19.1. The average Bonchev–Trinajstić information content (AvgIpc) is 2.87. The number of aromatic nitrogens is 2. The third-order valence-corrected chi connectivity index (χ3v) is 3.21. The maximum atomic E-state index is 13.6. The molecule has 7 heteroatoms. The molecule has 2 N–H and O–H groups in total. The van der Waals surface area contributed by atoms with E-state index in [2.05, 4.69) is 5.10 Å². The molecule has 0 aliphatic carbocycles. The van der Waals surface area contributed by atoms with Crippen LogP contribution in [0, 0.1) is 5.82 Å². The van der Waals surface area contributed by atoms with Crippen LogP contribution in [0.2, 0.25) is 0 Å². The SMILES string of the molecule is CCc1cc(COc2ccc(B(O)O)c(F)c2)n(CC)n1. The lowest BCUT2D eigenvalue weighted by molar-refractivity contribution is 0.291. The Kier molecular flexibility index (Phi) is 4.98. The molecule has 0 aliphatic heterocycles. The van der Waals surface area contributed by atoms with E-state index in [4.69, 9.17) is 14.8 Å². The van der Waals surface area contributed by atoms with E-state index in [1.165, 1.54) is 12.1 Å². The third kappa shape index (κ3) is 3.62. The van der Waals surface area contributed by atoms with Crippen molar-refractivity contribution in [2.75, 3.05) is 0 Å². The molecule has 0 aliphatic rings. The lowest BCUT2D eigenvalue weighted by Crippen LogP contribution is -2.32. The normalized spacial score (nSPS) is 10.7. The first-order valence-corrected chi connectivity index (χ1v) is 6.89. The molecule has 2 rings (SSSR count). The smallest absolute Gasteiger partial charge is 0.487 e. The molecule has 1 heterocycles. The van der Waals surface area contributed by atoms with Crippen LogP contribution < -0.4 is 10.2 Å². The van der Waals surface area contributed by atoms with E-state index in [1.54, 1.807) is 0 Å². The number of hydrogen-bond donors (Lipinski definition) is 2. The van der Waals surface area contributed by atoms with Gasteiger partial charge in [-0.15, -0.1) is 0 Å². The van der Waals surface area contributed by atoms with Crippen LogP contribution in [0.25, 0.3) is 0 Å². The van der Waals surface area contributed by atoms with Crippen LogP contribution in [0.5, 0.6) is 5.75 Å². The average molecular weight is 292 g/mol. The van der Waals surface area contributed by atoms with Gasteiger partial charge in [0.1, 0.15) is 18.2 Å². The summed E-state index contributed by atoms with van der Waals surface area (Å²) in [7, 11) is -1.83. The van der Waals surface area contributed by atoms with E-state index in [-0.39, 0.29) is 12.1 Å². The standard InChI is InChI=1S/C14H18BFN2O3/c1-3-10-7-11(18(4-2)17-10)9-21-12-5-6-13(15(19)20)14(16)8-12/h5-8,19-20H,3-4,9H2,1-2H3. The number of aryl methyl sites for hydroxylation is 2. The van der Waals surface area contributed by atoms with E-state index in [0.29, 0.717) is 5.75 Å². The minimum atomic E-state index is -1.83. The van der Waals surface area contributed by atoms with Gasteiger partial charge in [-0.05, 0) is 25.5 Å². The largest absolute Gasteiger partial charge is 0.491 e. The molecule has 112 valence electrons. The topological polar surface area (TPSA) is 67.5 Å². The Labute approximate surface area is 123 Å². The molecule has 0 spiro atoms. The Hall–Kier alpha value is -1.86.